The Morgan fingerprint density at radius 3 is 2.60 bits per heavy atom. The lowest BCUT2D eigenvalue weighted by molar-refractivity contribution is -0.136. The molecule has 10 heavy (non-hydrogen) atoms. The molecule has 0 radical (unpaired) electrons. The number of hydrogen-bond acceptors (Lipinski definition) is 2. The van der Waals surface area contributed by atoms with Gasteiger partial charge in [0.05, 0.1) is 13.0 Å². The molecular formula is C5H9F2NO2. The summed E-state index contributed by atoms with van der Waals surface area (Å²) in [6.07, 6.45) is -2.53. The van der Waals surface area contributed by atoms with Crippen LogP contribution in [0.4, 0.5) is 8.78 Å². The first kappa shape index (κ1) is 9.29. The van der Waals surface area contributed by atoms with Gasteiger partial charge in [-0.3, -0.25) is 4.79 Å². The van der Waals surface area contributed by atoms with E-state index in [-0.39, 0.29) is 13.0 Å². The zero-order valence-corrected chi connectivity index (χ0v) is 5.31. The van der Waals surface area contributed by atoms with Crippen molar-refractivity contribution in [3.63, 3.8) is 0 Å². The second kappa shape index (κ2) is 5.10. The summed E-state index contributed by atoms with van der Waals surface area (Å²) in [6, 6.07) is 0. The van der Waals surface area contributed by atoms with Crippen LogP contribution in [-0.2, 0) is 4.79 Å². The fourth-order valence-corrected chi connectivity index (χ4v) is 0.406. The lowest BCUT2D eigenvalue weighted by Crippen LogP contribution is -2.23. The number of halogens is 2. The molecule has 0 heterocycles. The minimum atomic E-state index is -2.41. The van der Waals surface area contributed by atoms with Gasteiger partial charge in [-0.15, -0.1) is 0 Å². The van der Waals surface area contributed by atoms with Crippen LogP contribution in [0.5, 0.6) is 0 Å². The van der Waals surface area contributed by atoms with E-state index in [0.717, 1.165) is 0 Å². The van der Waals surface area contributed by atoms with Crippen LogP contribution in [-0.4, -0.2) is 30.6 Å². The summed E-state index contributed by atoms with van der Waals surface area (Å²) in [4.78, 5) is 9.82. The average molecular weight is 153 g/mol. The van der Waals surface area contributed by atoms with E-state index >= 15 is 0 Å². The largest absolute Gasteiger partial charge is 0.481 e. The van der Waals surface area contributed by atoms with Gasteiger partial charge in [0.15, 0.2) is 0 Å². The summed E-state index contributed by atoms with van der Waals surface area (Å²) in [5, 5.41) is 10.3. The Morgan fingerprint density at radius 2 is 2.20 bits per heavy atom. The van der Waals surface area contributed by atoms with E-state index in [0.29, 0.717) is 0 Å². The van der Waals surface area contributed by atoms with Gasteiger partial charge in [-0.25, -0.2) is 8.78 Å². The Labute approximate surface area is 57.0 Å². The molecule has 0 saturated carbocycles. The van der Waals surface area contributed by atoms with Crippen molar-refractivity contribution in [2.24, 2.45) is 0 Å². The van der Waals surface area contributed by atoms with Crippen molar-refractivity contribution in [1.82, 2.24) is 5.32 Å². The molecule has 5 heteroatoms. The van der Waals surface area contributed by atoms with Crippen LogP contribution < -0.4 is 5.32 Å². The summed E-state index contributed by atoms with van der Waals surface area (Å²) in [6.45, 7) is -0.340. The van der Waals surface area contributed by atoms with Crippen molar-refractivity contribution in [1.29, 1.82) is 0 Å². The fourth-order valence-electron chi connectivity index (χ4n) is 0.406. The Bertz CT molecular complexity index is 108. The van der Waals surface area contributed by atoms with Gasteiger partial charge in [-0.2, -0.15) is 0 Å². The smallest absolute Gasteiger partial charge is 0.304 e. The topological polar surface area (TPSA) is 49.3 Å². The lowest BCUT2D eigenvalue weighted by atomic mass is 10.4. The summed E-state index contributed by atoms with van der Waals surface area (Å²) in [5.41, 5.74) is 0. The van der Waals surface area contributed by atoms with Gasteiger partial charge in [-0.05, 0) is 0 Å². The standard InChI is InChI=1S/C5H9F2NO2/c6-4(7)3-8-2-1-5(9)10/h4,8H,1-3H2,(H,9,10). The molecule has 0 bridgehead atoms. The highest BCUT2D eigenvalue weighted by Crippen LogP contribution is 1.87. The number of nitrogens with one attached hydrogen (secondary N) is 1. The molecule has 0 atom stereocenters. The highest BCUT2D eigenvalue weighted by atomic mass is 19.3. The normalized spacial score (nSPS) is 10.3. The predicted octanol–water partition coefficient (Wildman–Crippen LogP) is 0.316. The third kappa shape index (κ3) is 7.29. The molecule has 0 amide bonds. The number of carbonyl (C=O) groups is 1. The number of carboxylic acids is 1. The first-order valence-electron chi connectivity index (χ1n) is 2.83. The Hall–Kier alpha value is -0.710. The minimum absolute atomic E-state index is 0.0969. The van der Waals surface area contributed by atoms with Crippen LogP contribution in [0.25, 0.3) is 0 Å². The highest BCUT2D eigenvalue weighted by molar-refractivity contribution is 5.66. The Balaban J connectivity index is 2.98. The molecule has 0 aromatic rings. The maximum Gasteiger partial charge on any atom is 0.304 e. The number of carboxylic acid groups (broad SMARTS) is 1. The van der Waals surface area contributed by atoms with Crippen molar-refractivity contribution >= 4 is 5.97 Å². The first-order valence-corrected chi connectivity index (χ1v) is 2.83. The Kier molecular flexibility index (Phi) is 4.74. The molecule has 0 aliphatic heterocycles. The monoisotopic (exact) mass is 153 g/mol. The van der Waals surface area contributed by atoms with Crippen LogP contribution in [0.15, 0.2) is 0 Å². The summed E-state index contributed by atoms with van der Waals surface area (Å²) in [5.74, 6) is -0.984. The van der Waals surface area contributed by atoms with E-state index in [4.69, 9.17) is 5.11 Å². The number of aliphatic carboxylic acids is 1. The average Bonchev–Trinajstić information content (AvgIpc) is 1.79. The molecule has 0 aromatic carbocycles. The zero-order valence-electron chi connectivity index (χ0n) is 5.31. The van der Waals surface area contributed by atoms with E-state index < -0.39 is 18.9 Å². The third-order valence-corrected chi connectivity index (χ3v) is 0.814. The van der Waals surface area contributed by atoms with Crippen molar-refractivity contribution in [2.75, 3.05) is 13.1 Å². The first-order chi connectivity index (χ1) is 4.63. The SMILES string of the molecule is O=C(O)CCNCC(F)F. The molecule has 3 nitrogen and oxygen atoms in total. The Morgan fingerprint density at radius 1 is 1.60 bits per heavy atom. The van der Waals surface area contributed by atoms with Gasteiger partial charge in [-0.1, -0.05) is 0 Å². The van der Waals surface area contributed by atoms with Gasteiger partial charge in [0.2, 0.25) is 0 Å². The quantitative estimate of drug-likeness (QED) is 0.559. The number of hydrogen-bond donors (Lipinski definition) is 2. The second-order valence-corrected chi connectivity index (χ2v) is 1.74. The molecule has 0 aliphatic rings. The van der Waals surface area contributed by atoms with E-state index in [9.17, 15) is 13.6 Å². The zero-order chi connectivity index (χ0) is 7.98. The predicted molar refractivity (Wildman–Crippen MR) is 31.1 cm³/mol. The van der Waals surface area contributed by atoms with Gasteiger partial charge in [0.1, 0.15) is 0 Å². The maximum atomic E-state index is 11.3. The van der Waals surface area contributed by atoms with Gasteiger partial charge >= 0.3 is 5.97 Å². The number of alkyl halides is 2. The molecule has 0 rings (SSSR count). The van der Waals surface area contributed by atoms with Gasteiger partial charge < -0.3 is 10.4 Å². The van der Waals surface area contributed by atoms with Crippen LogP contribution >= 0.6 is 0 Å². The maximum absolute atomic E-state index is 11.3. The second-order valence-electron chi connectivity index (χ2n) is 1.74. The van der Waals surface area contributed by atoms with Crippen molar-refractivity contribution < 1.29 is 18.7 Å². The summed E-state index contributed by atoms with van der Waals surface area (Å²) >= 11 is 0. The molecule has 2 N–H and O–H groups in total. The molecule has 0 saturated heterocycles. The molecule has 0 unspecified atom stereocenters. The minimum Gasteiger partial charge on any atom is -0.481 e. The van der Waals surface area contributed by atoms with E-state index in [1.54, 1.807) is 0 Å². The highest BCUT2D eigenvalue weighted by Gasteiger charge is 2.01. The van der Waals surface area contributed by atoms with E-state index in [2.05, 4.69) is 5.32 Å². The van der Waals surface area contributed by atoms with Gasteiger partial charge in [0.25, 0.3) is 6.43 Å². The number of rotatable bonds is 5. The van der Waals surface area contributed by atoms with Crippen molar-refractivity contribution in [2.45, 2.75) is 12.8 Å². The molecule has 0 aromatic heterocycles. The molecule has 0 spiro atoms. The molecule has 0 fully saturated rings. The van der Waals surface area contributed by atoms with Crippen LogP contribution in [0.2, 0.25) is 0 Å². The van der Waals surface area contributed by atoms with Crippen LogP contribution in [0.3, 0.4) is 0 Å². The lowest BCUT2D eigenvalue weighted by Gasteiger charge is -1.99. The third-order valence-electron chi connectivity index (χ3n) is 0.814. The van der Waals surface area contributed by atoms with Crippen LogP contribution in [0, 0.1) is 0 Å². The summed E-state index contributed by atoms with van der Waals surface area (Å²) in [7, 11) is 0. The van der Waals surface area contributed by atoms with Gasteiger partial charge in [0, 0.05) is 6.54 Å². The van der Waals surface area contributed by atoms with Crippen molar-refractivity contribution in [3.05, 3.63) is 0 Å². The molecule has 0 aliphatic carbocycles. The molecule has 60 valence electrons. The molecular weight excluding hydrogens is 144 g/mol. The summed E-state index contributed by atoms with van der Waals surface area (Å²) < 4.78 is 22.7. The fraction of sp³-hybridized carbons (Fsp3) is 0.800. The van der Waals surface area contributed by atoms with E-state index in [1.807, 2.05) is 0 Å². The van der Waals surface area contributed by atoms with Crippen molar-refractivity contribution in [3.8, 4) is 0 Å². The van der Waals surface area contributed by atoms with Crippen LogP contribution in [0.1, 0.15) is 6.42 Å². The van der Waals surface area contributed by atoms with E-state index in [1.165, 1.54) is 0 Å².